The van der Waals surface area contributed by atoms with E-state index in [1.807, 2.05) is 24.2 Å². The minimum atomic E-state index is -3.68. The fourth-order valence-corrected chi connectivity index (χ4v) is 5.27. The van der Waals surface area contributed by atoms with E-state index in [4.69, 9.17) is 0 Å². The normalized spacial score (nSPS) is 21.1. The summed E-state index contributed by atoms with van der Waals surface area (Å²) in [6.45, 7) is 2.90. The zero-order valence-electron chi connectivity index (χ0n) is 15.7. The summed E-state index contributed by atoms with van der Waals surface area (Å²) in [4.78, 5) is 13.9. The molecule has 1 N–H and O–H groups in total. The standard InChI is InChI=1S/C19H22FN5O2S/c1-13-8-10-25(28(26,27)15-5-3-14(20)4-6-15)11-17(13)24(2)19-16-7-9-21-18(16)22-12-23-19/h3-7,9,12-13,17H,8,10-11H2,1-2H3,(H,21,22,23). The first-order valence-electron chi connectivity index (χ1n) is 9.14. The molecule has 0 bridgehead atoms. The summed E-state index contributed by atoms with van der Waals surface area (Å²) >= 11 is 0. The van der Waals surface area contributed by atoms with E-state index in [9.17, 15) is 12.8 Å². The minimum Gasteiger partial charge on any atom is -0.354 e. The number of aromatic amines is 1. The number of fused-ring (bicyclic) bond motifs is 1. The Morgan fingerprint density at radius 3 is 2.71 bits per heavy atom. The molecule has 2 aromatic heterocycles. The van der Waals surface area contributed by atoms with E-state index in [1.54, 1.807) is 0 Å². The van der Waals surface area contributed by atoms with Crippen LogP contribution in [0.1, 0.15) is 13.3 Å². The van der Waals surface area contributed by atoms with Crippen molar-refractivity contribution < 1.29 is 12.8 Å². The van der Waals surface area contributed by atoms with Crippen molar-refractivity contribution in [2.45, 2.75) is 24.3 Å². The number of nitrogens with zero attached hydrogens (tertiary/aromatic N) is 4. The first-order chi connectivity index (χ1) is 13.4. The van der Waals surface area contributed by atoms with E-state index in [0.717, 1.165) is 23.3 Å². The molecule has 28 heavy (non-hydrogen) atoms. The zero-order chi connectivity index (χ0) is 19.9. The number of piperidine rings is 1. The summed E-state index contributed by atoms with van der Waals surface area (Å²) in [7, 11) is -1.75. The number of hydrogen-bond donors (Lipinski definition) is 1. The van der Waals surface area contributed by atoms with Crippen LogP contribution >= 0.6 is 0 Å². The average molecular weight is 403 g/mol. The number of sulfonamides is 1. The fraction of sp³-hybridized carbons (Fsp3) is 0.368. The molecule has 0 amide bonds. The Balaban J connectivity index is 1.63. The summed E-state index contributed by atoms with van der Waals surface area (Å²) in [5, 5.41) is 0.899. The Morgan fingerprint density at radius 1 is 1.21 bits per heavy atom. The van der Waals surface area contributed by atoms with Crippen LogP contribution in [-0.4, -0.2) is 53.9 Å². The molecule has 7 nitrogen and oxygen atoms in total. The Bertz CT molecular complexity index is 1080. The summed E-state index contributed by atoms with van der Waals surface area (Å²) in [5.74, 6) is 0.598. The molecule has 9 heteroatoms. The van der Waals surface area contributed by atoms with Crippen molar-refractivity contribution in [3.05, 3.63) is 48.7 Å². The van der Waals surface area contributed by atoms with E-state index in [-0.39, 0.29) is 16.9 Å². The lowest BCUT2D eigenvalue weighted by Gasteiger charge is -2.41. The molecule has 0 saturated carbocycles. The van der Waals surface area contributed by atoms with E-state index in [1.165, 1.54) is 34.9 Å². The third kappa shape index (κ3) is 3.24. The first kappa shape index (κ1) is 18.8. The summed E-state index contributed by atoms with van der Waals surface area (Å²) in [6, 6.07) is 6.85. The molecule has 3 aromatic rings. The van der Waals surface area contributed by atoms with Gasteiger partial charge in [-0.25, -0.2) is 22.8 Å². The predicted octanol–water partition coefficient (Wildman–Crippen LogP) is 2.63. The van der Waals surface area contributed by atoms with Crippen LogP contribution < -0.4 is 4.90 Å². The molecule has 148 valence electrons. The van der Waals surface area contributed by atoms with Crippen molar-refractivity contribution in [3.63, 3.8) is 0 Å². The van der Waals surface area contributed by atoms with Crippen LogP contribution in [0.3, 0.4) is 0 Å². The number of anilines is 1. The number of rotatable bonds is 4. The van der Waals surface area contributed by atoms with E-state index in [0.29, 0.717) is 13.1 Å². The van der Waals surface area contributed by atoms with Gasteiger partial charge >= 0.3 is 0 Å². The van der Waals surface area contributed by atoms with Crippen molar-refractivity contribution in [2.24, 2.45) is 5.92 Å². The number of H-pyrrole nitrogens is 1. The molecule has 1 aliphatic heterocycles. The van der Waals surface area contributed by atoms with Crippen LogP contribution in [-0.2, 0) is 10.0 Å². The molecular weight excluding hydrogens is 381 g/mol. The smallest absolute Gasteiger partial charge is 0.243 e. The van der Waals surface area contributed by atoms with Crippen molar-refractivity contribution >= 4 is 26.9 Å². The van der Waals surface area contributed by atoms with Gasteiger partial charge in [0.15, 0.2) is 0 Å². The molecule has 3 heterocycles. The van der Waals surface area contributed by atoms with Gasteiger partial charge in [-0.3, -0.25) is 0 Å². The Labute approximate surface area is 163 Å². The minimum absolute atomic E-state index is 0.0445. The van der Waals surface area contributed by atoms with Gasteiger partial charge in [0, 0.05) is 32.4 Å². The molecule has 0 spiro atoms. The van der Waals surface area contributed by atoms with Gasteiger partial charge in [-0.15, -0.1) is 0 Å². The quantitative estimate of drug-likeness (QED) is 0.724. The van der Waals surface area contributed by atoms with Crippen LogP contribution in [0.25, 0.3) is 11.0 Å². The number of halogens is 1. The lowest BCUT2D eigenvalue weighted by molar-refractivity contribution is 0.247. The molecule has 1 saturated heterocycles. The van der Waals surface area contributed by atoms with Crippen molar-refractivity contribution in [1.82, 2.24) is 19.3 Å². The van der Waals surface area contributed by atoms with Crippen LogP contribution in [0.5, 0.6) is 0 Å². The fourth-order valence-electron chi connectivity index (χ4n) is 3.79. The van der Waals surface area contributed by atoms with Gasteiger partial charge < -0.3 is 9.88 Å². The number of hydrogen-bond acceptors (Lipinski definition) is 5. The predicted molar refractivity (Wildman–Crippen MR) is 105 cm³/mol. The number of benzene rings is 1. The van der Waals surface area contributed by atoms with E-state index in [2.05, 4.69) is 21.9 Å². The molecule has 2 unspecified atom stereocenters. The lowest BCUT2D eigenvalue weighted by atomic mass is 9.93. The van der Waals surface area contributed by atoms with Gasteiger partial charge in [0.1, 0.15) is 23.6 Å². The van der Waals surface area contributed by atoms with E-state index < -0.39 is 15.8 Å². The second-order valence-electron chi connectivity index (χ2n) is 7.20. The highest BCUT2D eigenvalue weighted by molar-refractivity contribution is 7.89. The van der Waals surface area contributed by atoms with Gasteiger partial charge in [0.25, 0.3) is 0 Å². The van der Waals surface area contributed by atoms with Crippen LogP contribution in [0.15, 0.2) is 47.8 Å². The molecule has 1 aromatic carbocycles. The molecule has 1 fully saturated rings. The second kappa shape index (κ2) is 7.14. The number of aromatic nitrogens is 3. The molecule has 4 rings (SSSR count). The monoisotopic (exact) mass is 403 g/mol. The van der Waals surface area contributed by atoms with Gasteiger partial charge in [0.2, 0.25) is 10.0 Å². The lowest BCUT2D eigenvalue weighted by Crippen LogP contribution is -2.52. The molecule has 0 aliphatic carbocycles. The largest absolute Gasteiger partial charge is 0.354 e. The first-order valence-corrected chi connectivity index (χ1v) is 10.6. The third-order valence-electron chi connectivity index (χ3n) is 5.50. The maximum Gasteiger partial charge on any atom is 0.243 e. The molecular formula is C19H22FN5O2S. The van der Waals surface area contributed by atoms with Gasteiger partial charge in [0.05, 0.1) is 10.3 Å². The van der Waals surface area contributed by atoms with Crippen LogP contribution in [0.2, 0.25) is 0 Å². The highest BCUT2D eigenvalue weighted by Crippen LogP contribution is 2.30. The number of nitrogens with one attached hydrogen (secondary N) is 1. The molecule has 2 atom stereocenters. The second-order valence-corrected chi connectivity index (χ2v) is 9.14. The Hall–Kier alpha value is -2.52. The van der Waals surface area contributed by atoms with Gasteiger partial charge in [-0.1, -0.05) is 6.92 Å². The highest BCUT2D eigenvalue weighted by Gasteiger charge is 2.36. The van der Waals surface area contributed by atoms with Crippen molar-refractivity contribution in [1.29, 1.82) is 0 Å². The SMILES string of the molecule is CC1CCN(S(=O)(=O)c2ccc(F)cc2)CC1N(C)c1ncnc2[nH]ccc12. The molecule has 1 aliphatic rings. The van der Waals surface area contributed by atoms with Gasteiger partial charge in [-0.2, -0.15) is 4.31 Å². The summed E-state index contributed by atoms with van der Waals surface area (Å²) in [6.07, 6.45) is 4.05. The highest BCUT2D eigenvalue weighted by atomic mass is 32.2. The van der Waals surface area contributed by atoms with Crippen LogP contribution in [0.4, 0.5) is 10.2 Å². The van der Waals surface area contributed by atoms with Gasteiger partial charge in [-0.05, 0) is 42.7 Å². The number of likely N-dealkylation sites (N-methyl/N-ethyl adjacent to an activating group) is 1. The summed E-state index contributed by atoms with van der Waals surface area (Å²) in [5.41, 5.74) is 0.746. The zero-order valence-corrected chi connectivity index (χ0v) is 16.5. The summed E-state index contributed by atoms with van der Waals surface area (Å²) < 4.78 is 40.7. The maximum absolute atomic E-state index is 13.2. The average Bonchev–Trinajstić information content (AvgIpc) is 3.17. The van der Waals surface area contributed by atoms with Crippen LogP contribution in [0, 0.1) is 11.7 Å². The van der Waals surface area contributed by atoms with E-state index >= 15 is 0 Å². The Morgan fingerprint density at radius 2 is 1.96 bits per heavy atom. The van der Waals surface area contributed by atoms with Crippen molar-refractivity contribution in [2.75, 3.05) is 25.0 Å². The third-order valence-corrected chi connectivity index (χ3v) is 7.38. The maximum atomic E-state index is 13.2. The van der Waals surface area contributed by atoms with Crippen molar-refractivity contribution in [3.8, 4) is 0 Å². The Kier molecular flexibility index (Phi) is 4.80. The topological polar surface area (TPSA) is 82.2 Å². The molecule has 0 radical (unpaired) electrons.